The predicted molar refractivity (Wildman–Crippen MR) is 122 cm³/mol. The fourth-order valence-corrected chi connectivity index (χ4v) is 3.91. The molecule has 160 valence electrons. The van der Waals surface area contributed by atoms with Crippen molar-refractivity contribution >= 4 is 39.1 Å². The maximum Gasteiger partial charge on any atom is 0.328 e. The number of carbonyl (C=O) groups is 2. The third kappa shape index (κ3) is 4.00. The Hall–Kier alpha value is -4.26. The molecule has 4 aromatic carbocycles. The number of hydrogen-bond acceptors (Lipinski definition) is 5. The Kier molecular flexibility index (Phi) is 5.81. The van der Waals surface area contributed by atoms with Crippen molar-refractivity contribution in [2.24, 2.45) is 0 Å². The molecule has 0 aliphatic rings. The van der Waals surface area contributed by atoms with Crippen LogP contribution in [-0.2, 0) is 16.0 Å². The first-order chi connectivity index (χ1) is 15.5. The molecule has 32 heavy (non-hydrogen) atoms. The van der Waals surface area contributed by atoms with Gasteiger partial charge in [-0.2, -0.15) is 0 Å². The van der Waals surface area contributed by atoms with Crippen LogP contribution in [0.2, 0.25) is 0 Å². The van der Waals surface area contributed by atoms with Crippen LogP contribution in [0.3, 0.4) is 0 Å². The largest absolute Gasteiger partial charge is 0.467 e. The Balaban J connectivity index is 1.76. The minimum atomic E-state index is -1.09. The van der Waals surface area contributed by atoms with E-state index in [1.54, 1.807) is 18.2 Å². The van der Waals surface area contributed by atoms with Gasteiger partial charge in [-0.15, -0.1) is 0 Å². The average molecular weight is 428 g/mol. The molecule has 7 heteroatoms. The van der Waals surface area contributed by atoms with Crippen LogP contribution >= 0.6 is 0 Å². The number of methoxy groups -OCH3 is 1. The zero-order valence-corrected chi connectivity index (χ0v) is 17.3. The summed E-state index contributed by atoms with van der Waals surface area (Å²) in [5.74, 6) is -1.13. The molecular weight excluding hydrogens is 408 g/mol. The highest BCUT2D eigenvalue weighted by atomic mass is 16.6. The molecule has 7 nitrogen and oxygen atoms in total. The normalized spacial score (nSPS) is 11.8. The van der Waals surface area contributed by atoms with Gasteiger partial charge in [0.25, 0.3) is 11.6 Å². The molecular formula is C25H20N2O5. The van der Waals surface area contributed by atoms with Crippen molar-refractivity contribution in [3.8, 4) is 0 Å². The lowest BCUT2D eigenvalue weighted by Crippen LogP contribution is -2.43. The van der Waals surface area contributed by atoms with Gasteiger partial charge in [0.2, 0.25) is 0 Å². The van der Waals surface area contributed by atoms with E-state index in [2.05, 4.69) is 5.32 Å². The van der Waals surface area contributed by atoms with Crippen molar-refractivity contribution in [2.45, 2.75) is 12.5 Å². The summed E-state index contributed by atoms with van der Waals surface area (Å²) in [6, 6.07) is 22.1. The van der Waals surface area contributed by atoms with Crippen molar-refractivity contribution in [3.05, 3.63) is 100 Å². The van der Waals surface area contributed by atoms with Gasteiger partial charge in [0, 0.05) is 18.1 Å². The molecule has 0 saturated heterocycles. The summed E-state index contributed by atoms with van der Waals surface area (Å²) in [7, 11) is 1.22. The van der Waals surface area contributed by atoms with E-state index in [1.807, 2.05) is 54.6 Å². The van der Waals surface area contributed by atoms with E-state index < -0.39 is 22.8 Å². The Labute approximate surface area is 183 Å². The molecule has 0 heterocycles. The van der Waals surface area contributed by atoms with E-state index in [0.29, 0.717) is 11.1 Å². The van der Waals surface area contributed by atoms with Gasteiger partial charge in [0.1, 0.15) is 6.04 Å². The predicted octanol–water partition coefficient (Wildman–Crippen LogP) is 4.42. The monoisotopic (exact) mass is 428 g/mol. The number of hydrogen-bond donors (Lipinski definition) is 1. The van der Waals surface area contributed by atoms with Crippen molar-refractivity contribution in [1.82, 2.24) is 5.32 Å². The number of nitro benzene ring substituents is 1. The molecule has 0 aliphatic carbocycles. The fourth-order valence-electron chi connectivity index (χ4n) is 3.91. The Bertz CT molecular complexity index is 1290. The maximum atomic E-state index is 13.5. The van der Waals surface area contributed by atoms with E-state index in [1.165, 1.54) is 13.2 Å². The summed E-state index contributed by atoms with van der Waals surface area (Å²) < 4.78 is 4.87. The van der Waals surface area contributed by atoms with Crippen LogP contribution in [0.25, 0.3) is 21.5 Å². The fraction of sp³-hybridized carbons (Fsp3) is 0.120. The maximum absolute atomic E-state index is 13.5. The number of rotatable bonds is 6. The molecule has 0 saturated carbocycles. The zero-order valence-electron chi connectivity index (χ0n) is 17.3. The number of fused-ring (bicyclic) bond motifs is 2. The SMILES string of the molecule is COC(=O)[C@@H](Cc1ccccc1[N+](=O)[O-])NC(=O)c1c2ccccc2cc2ccccc12. The smallest absolute Gasteiger partial charge is 0.328 e. The van der Waals surface area contributed by atoms with Gasteiger partial charge in [0.15, 0.2) is 0 Å². The van der Waals surface area contributed by atoms with E-state index >= 15 is 0 Å². The number of nitrogens with zero attached hydrogens (tertiary/aromatic N) is 1. The van der Waals surface area contributed by atoms with Crippen LogP contribution in [0.5, 0.6) is 0 Å². The van der Waals surface area contributed by atoms with Gasteiger partial charge >= 0.3 is 5.97 Å². The van der Waals surface area contributed by atoms with Crippen LogP contribution in [0.15, 0.2) is 78.9 Å². The van der Waals surface area contributed by atoms with Crippen molar-refractivity contribution in [1.29, 1.82) is 0 Å². The van der Waals surface area contributed by atoms with Crippen molar-refractivity contribution in [2.75, 3.05) is 7.11 Å². The molecule has 1 amide bonds. The van der Waals surface area contributed by atoms with Gasteiger partial charge in [-0.25, -0.2) is 4.79 Å². The van der Waals surface area contributed by atoms with Gasteiger partial charge in [0.05, 0.1) is 17.6 Å². The standard InChI is InChI=1S/C25H20N2O5/c1-32-25(29)21(15-18-10-4-7-13-22(18)27(30)31)26-24(28)23-19-11-5-2-8-16(19)14-17-9-3-6-12-20(17)23/h2-14,21H,15H2,1H3,(H,26,28)/t21-/m1/s1. The third-order valence-corrected chi connectivity index (χ3v) is 5.40. The number of esters is 1. The third-order valence-electron chi connectivity index (χ3n) is 5.40. The second-order valence-corrected chi connectivity index (χ2v) is 7.33. The van der Waals surface area contributed by atoms with E-state index in [0.717, 1.165) is 21.5 Å². The van der Waals surface area contributed by atoms with Crippen LogP contribution in [-0.4, -0.2) is 30.0 Å². The molecule has 1 atom stereocenters. The first-order valence-electron chi connectivity index (χ1n) is 10.0. The Morgan fingerprint density at radius 1 is 0.938 bits per heavy atom. The summed E-state index contributed by atoms with van der Waals surface area (Å²) in [5.41, 5.74) is 0.650. The highest BCUT2D eigenvalue weighted by Crippen LogP contribution is 2.29. The molecule has 0 radical (unpaired) electrons. The summed E-state index contributed by atoms with van der Waals surface area (Å²) in [5, 5.41) is 17.4. The van der Waals surface area contributed by atoms with Gasteiger partial charge in [-0.3, -0.25) is 14.9 Å². The molecule has 4 rings (SSSR count). The topological polar surface area (TPSA) is 98.5 Å². The Morgan fingerprint density at radius 2 is 1.50 bits per heavy atom. The lowest BCUT2D eigenvalue weighted by Gasteiger charge is -2.18. The van der Waals surface area contributed by atoms with Gasteiger partial charge in [-0.1, -0.05) is 66.7 Å². The number of benzene rings is 4. The van der Waals surface area contributed by atoms with E-state index in [9.17, 15) is 19.7 Å². The number of ether oxygens (including phenoxy) is 1. The first kappa shape index (κ1) is 21.0. The number of para-hydroxylation sites is 1. The summed E-state index contributed by atoms with van der Waals surface area (Å²) in [6.07, 6.45) is -0.0712. The Morgan fingerprint density at radius 3 is 2.09 bits per heavy atom. The summed E-state index contributed by atoms with van der Waals surface area (Å²) in [4.78, 5) is 36.8. The summed E-state index contributed by atoms with van der Waals surface area (Å²) >= 11 is 0. The molecule has 4 aromatic rings. The molecule has 0 aromatic heterocycles. The average Bonchev–Trinajstić information content (AvgIpc) is 2.81. The molecule has 0 spiro atoms. The van der Waals surface area contributed by atoms with Crippen LogP contribution < -0.4 is 5.32 Å². The van der Waals surface area contributed by atoms with Crippen molar-refractivity contribution < 1.29 is 19.2 Å². The second-order valence-electron chi connectivity index (χ2n) is 7.33. The molecule has 0 bridgehead atoms. The number of nitro groups is 1. The minimum Gasteiger partial charge on any atom is -0.467 e. The van der Waals surface area contributed by atoms with Gasteiger partial charge < -0.3 is 10.1 Å². The van der Waals surface area contributed by atoms with Crippen LogP contribution in [0.1, 0.15) is 15.9 Å². The van der Waals surface area contributed by atoms with Crippen LogP contribution in [0, 0.1) is 10.1 Å². The number of carbonyl (C=O) groups excluding carboxylic acids is 2. The van der Waals surface area contributed by atoms with Gasteiger partial charge in [-0.05, 0) is 27.6 Å². The number of amides is 1. The molecule has 0 aliphatic heterocycles. The zero-order chi connectivity index (χ0) is 22.7. The van der Waals surface area contributed by atoms with E-state index in [4.69, 9.17) is 4.74 Å². The van der Waals surface area contributed by atoms with E-state index in [-0.39, 0.29) is 12.1 Å². The highest BCUT2D eigenvalue weighted by Gasteiger charge is 2.27. The first-order valence-corrected chi connectivity index (χ1v) is 10.0. The molecule has 1 N–H and O–H groups in total. The van der Waals surface area contributed by atoms with Crippen molar-refractivity contribution in [3.63, 3.8) is 0 Å². The minimum absolute atomic E-state index is 0.0712. The quantitative estimate of drug-likeness (QED) is 0.212. The lowest BCUT2D eigenvalue weighted by atomic mass is 9.95. The number of nitrogens with one attached hydrogen (secondary N) is 1. The lowest BCUT2D eigenvalue weighted by molar-refractivity contribution is -0.385. The second kappa shape index (κ2) is 8.85. The van der Waals surface area contributed by atoms with Crippen LogP contribution in [0.4, 0.5) is 5.69 Å². The molecule has 0 unspecified atom stereocenters. The molecule has 0 fully saturated rings. The summed E-state index contributed by atoms with van der Waals surface area (Å²) in [6.45, 7) is 0. The highest BCUT2D eigenvalue weighted by molar-refractivity contribution is 6.18.